The Balaban J connectivity index is 1.86. The second kappa shape index (κ2) is 7.06. The van der Waals surface area contributed by atoms with E-state index in [2.05, 4.69) is 20.1 Å². The second-order valence-corrected chi connectivity index (χ2v) is 6.60. The van der Waals surface area contributed by atoms with Crippen LogP contribution in [0.2, 0.25) is 0 Å². The molecular weight excluding hydrogens is 348 g/mol. The van der Waals surface area contributed by atoms with E-state index in [4.69, 9.17) is 5.73 Å². The maximum absolute atomic E-state index is 13.4. The van der Waals surface area contributed by atoms with Crippen LogP contribution < -0.4 is 25.8 Å². The zero-order chi connectivity index (χ0) is 18.9. The predicted molar refractivity (Wildman–Crippen MR) is 89.3 cm³/mol. The summed E-state index contributed by atoms with van der Waals surface area (Å²) in [5, 5.41) is 5.29. The van der Waals surface area contributed by atoms with Crippen molar-refractivity contribution in [2.24, 2.45) is 5.73 Å². The zero-order valence-corrected chi connectivity index (χ0v) is 14.3. The first-order valence-corrected chi connectivity index (χ1v) is 8.56. The number of fused-ring (bicyclic) bond motifs is 1. The number of alkyl halides is 2. The SMILES string of the molecule is CC(N)C(=O)Nc1cc(C(=O)NC2CCCCC2)cc2c1OC(F)(F)O2. The molecule has 0 spiro atoms. The highest BCUT2D eigenvalue weighted by Crippen LogP contribution is 2.46. The van der Waals surface area contributed by atoms with Crippen molar-refractivity contribution in [3.63, 3.8) is 0 Å². The Hall–Kier alpha value is -2.42. The number of nitrogens with one attached hydrogen (secondary N) is 2. The van der Waals surface area contributed by atoms with E-state index in [0.29, 0.717) is 0 Å². The number of amides is 2. The van der Waals surface area contributed by atoms with Crippen LogP contribution in [0.25, 0.3) is 0 Å². The van der Waals surface area contributed by atoms with Crippen LogP contribution in [0.3, 0.4) is 0 Å². The fraction of sp³-hybridized carbons (Fsp3) is 0.529. The summed E-state index contributed by atoms with van der Waals surface area (Å²) in [4.78, 5) is 24.4. The Morgan fingerprint density at radius 2 is 1.92 bits per heavy atom. The molecule has 1 saturated carbocycles. The van der Waals surface area contributed by atoms with E-state index in [0.717, 1.165) is 32.1 Å². The molecule has 1 aromatic carbocycles. The minimum Gasteiger partial charge on any atom is -0.395 e. The lowest BCUT2D eigenvalue weighted by Crippen LogP contribution is -2.36. The van der Waals surface area contributed by atoms with E-state index < -0.39 is 24.2 Å². The summed E-state index contributed by atoms with van der Waals surface area (Å²) in [5.74, 6) is -1.67. The van der Waals surface area contributed by atoms with Gasteiger partial charge in [-0.05, 0) is 31.9 Å². The van der Waals surface area contributed by atoms with Gasteiger partial charge in [-0.1, -0.05) is 19.3 Å². The molecule has 1 fully saturated rings. The summed E-state index contributed by atoms with van der Waals surface area (Å²) >= 11 is 0. The molecule has 4 N–H and O–H groups in total. The van der Waals surface area contributed by atoms with Gasteiger partial charge in [0.1, 0.15) is 0 Å². The van der Waals surface area contributed by atoms with Gasteiger partial charge in [0, 0.05) is 11.6 Å². The van der Waals surface area contributed by atoms with Gasteiger partial charge in [-0.3, -0.25) is 9.59 Å². The number of halogens is 2. The normalized spacial score (nSPS) is 19.7. The molecule has 7 nitrogen and oxygen atoms in total. The lowest BCUT2D eigenvalue weighted by Gasteiger charge is -2.23. The Morgan fingerprint density at radius 1 is 1.23 bits per heavy atom. The minimum absolute atomic E-state index is 0.0465. The van der Waals surface area contributed by atoms with Crippen molar-refractivity contribution in [1.82, 2.24) is 5.32 Å². The summed E-state index contributed by atoms with van der Waals surface area (Å²) in [7, 11) is 0. The van der Waals surface area contributed by atoms with Gasteiger partial charge >= 0.3 is 6.29 Å². The third-order valence-corrected chi connectivity index (χ3v) is 4.38. The van der Waals surface area contributed by atoms with Crippen LogP contribution in [0, 0.1) is 0 Å². The average Bonchev–Trinajstić information content (AvgIpc) is 2.89. The first-order chi connectivity index (χ1) is 12.2. The van der Waals surface area contributed by atoms with E-state index >= 15 is 0 Å². The average molecular weight is 369 g/mol. The smallest absolute Gasteiger partial charge is 0.395 e. The number of carbonyl (C=O) groups is 2. The number of carbonyl (C=O) groups excluding carboxylic acids is 2. The van der Waals surface area contributed by atoms with Gasteiger partial charge in [0.25, 0.3) is 5.91 Å². The molecule has 1 unspecified atom stereocenters. The van der Waals surface area contributed by atoms with Gasteiger partial charge < -0.3 is 25.8 Å². The van der Waals surface area contributed by atoms with Crippen LogP contribution in [-0.4, -0.2) is 30.2 Å². The van der Waals surface area contributed by atoms with E-state index in [-0.39, 0.29) is 28.8 Å². The first kappa shape index (κ1) is 18.4. The Labute approximate surface area is 149 Å². The summed E-state index contributed by atoms with van der Waals surface area (Å²) in [5.41, 5.74) is 5.50. The number of rotatable bonds is 4. The van der Waals surface area contributed by atoms with Crippen molar-refractivity contribution >= 4 is 17.5 Å². The molecule has 0 radical (unpaired) electrons. The summed E-state index contributed by atoms with van der Waals surface area (Å²) < 4.78 is 35.8. The molecule has 9 heteroatoms. The molecule has 1 atom stereocenters. The summed E-state index contributed by atoms with van der Waals surface area (Å²) in [6.45, 7) is 1.45. The second-order valence-electron chi connectivity index (χ2n) is 6.60. The molecule has 1 aliphatic carbocycles. The van der Waals surface area contributed by atoms with Crippen molar-refractivity contribution in [1.29, 1.82) is 0 Å². The largest absolute Gasteiger partial charge is 0.586 e. The van der Waals surface area contributed by atoms with Crippen molar-refractivity contribution in [3.05, 3.63) is 17.7 Å². The molecule has 2 aliphatic rings. The highest BCUT2D eigenvalue weighted by atomic mass is 19.3. The number of anilines is 1. The lowest BCUT2D eigenvalue weighted by atomic mass is 9.95. The van der Waals surface area contributed by atoms with E-state index in [1.54, 1.807) is 0 Å². The minimum atomic E-state index is -3.87. The third-order valence-electron chi connectivity index (χ3n) is 4.38. The van der Waals surface area contributed by atoms with Gasteiger partial charge in [-0.2, -0.15) is 0 Å². The maximum atomic E-state index is 13.4. The van der Waals surface area contributed by atoms with E-state index in [1.807, 2.05) is 0 Å². The van der Waals surface area contributed by atoms with Crippen LogP contribution in [0.5, 0.6) is 11.5 Å². The number of ether oxygens (including phenoxy) is 2. The molecule has 0 saturated heterocycles. The lowest BCUT2D eigenvalue weighted by molar-refractivity contribution is -0.286. The fourth-order valence-corrected chi connectivity index (χ4v) is 3.04. The standard InChI is InChI=1S/C17H21F2N3O4/c1-9(20)15(23)22-12-7-10(8-13-14(12)26-17(18,19)25-13)16(24)21-11-5-3-2-4-6-11/h7-9,11H,2-6,20H2,1H3,(H,21,24)(H,22,23). The monoisotopic (exact) mass is 369 g/mol. The molecule has 26 heavy (non-hydrogen) atoms. The van der Waals surface area contributed by atoms with Crippen LogP contribution in [0.15, 0.2) is 12.1 Å². The molecular formula is C17H21F2N3O4. The van der Waals surface area contributed by atoms with Gasteiger partial charge in [0.05, 0.1) is 11.7 Å². The Morgan fingerprint density at radius 3 is 2.58 bits per heavy atom. The quantitative estimate of drug-likeness (QED) is 0.756. The fourth-order valence-electron chi connectivity index (χ4n) is 3.04. The van der Waals surface area contributed by atoms with Gasteiger partial charge in [0.15, 0.2) is 11.5 Å². The number of hydrogen-bond donors (Lipinski definition) is 3. The van der Waals surface area contributed by atoms with Crippen LogP contribution >= 0.6 is 0 Å². The van der Waals surface area contributed by atoms with Crippen molar-refractivity contribution in [2.45, 2.75) is 57.4 Å². The Bertz CT molecular complexity index is 718. The number of hydrogen-bond acceptors (Lipinski definition) is 5. The van der Waals surface area contributed by atoms with Gasteiger partial charge in [-0.25, -0.2) is 0 Å². The summed E-state index contributed by atoms with van der Waals surface area (Å²) in [6.07, 6.45) is 1.10. The number of benzene rings is 1. The molecule has 0 aromatic heterocycles. The molecule has 1 aliphatic heterocycles. The third kappa shape index (κ3) is 4.04. The summed E-state index contributed by atoms with van der Waals surface area (Å²) in [6, 6.07) is 1.64. The number of nitrogens with two attached hydrogens (primary N) is 1. The van der Waals surface area contributed by atoms with Crippen molar-refractivity contribution in [2.75, 3.05) is 5.32 Å². The van der Waals surface area contributed by atoms with Gasteiger partial charge in [-0.15, -0.1) is 8.78 Å². The van der Waals surface area contributed by atoms with Crippen molar-refractivity contribution in [3.8, 4) is 11.5 Å². The molecule has 0 bridgehead atoms. The topological polar surface area (TPSA) is 103 Å². The molecule has 1 heterocycles. The van der Waals surface area contributed by atoms with Crippen LogP contribution in [0.4, 0.5) is 14.5 Å². The maximum Gasteiger partial charge on any atom is 0.586 e. The molecule has 1 aromatic rings. The van der Waals surface area contributed by atoms with Crippen molar-refractivity contribution < 1.29 is 27.8 Å². The molecule has 142 valence electrons. The van der Waals surface area contributed by atoms with Crippen LogP contribution in [-0.2, 0) is 4.79 Å². The zero-order valence-electron chi connectivity index (χ0n) is 14.3. The first-order valence-electron chi connectivity index (χ1n) is 8.56. The Kier molecular flexibility index (Phi) is 4.99. The highest BCUT2D eigenvalue weighted by Gasteiger charge is 2.45. The highest BCUT2D eigenvalue weighted by molar-refractivity contribution is 6.00. The van der Waals surface area contributed by atoms with Crippen LogP contribution in [0.1, 0.15) is 49.4 Å². The predicted octanol–water partition coefficient (Wildman–Crippen LogP) is 2.36. The van der Waals surface area contributed by atoms with E-state index in [1.165, 1.54) is 19.1 Å². The molecule has 2 amide bonds. The van der Waals surface area contributed by atoms with Gasteiger partial charge in [0.2, 0.25) is 5.91 Å². The molecule has 3 rings (SSSR count). The van der Waals surface area contributed by atoms with E-state index in [9.17, 15) is 18.4 Å².